The number of aliphatic imine (C=N–C) groups is 1. The molecule has 0 atom stereocenters. The molecule has 1 aromatic carbocycles. The largest absolute Gasteiger partial charge is 0.370 e. The number of aromatic nitrogens is 3. The Kier molecular flexibility index (Phi) is 3.37. The number of nitrogens with two attached hydrogens (primary N) is 2. The van der Waals surface area contributed by atoms with Gasteiger partial charge in [0, 0.05) is 28.4 Å². The smallest absolute Gasteiger partial charge is 0.253 e. The number of rotatable bonds is 2. The van der Waals surface area contributed by atoms with E-state index in [-0.39, 0.29) is 11.9 Å². The highest BCUT2D eigenvalue weighted by Crippen LogP contribution is 2.29. The number of pyridine rings is 1. The van der Waals surface area contributed by atoms with Crippen molar-refractivity contribution >= 4 is 34.4 Å². The summed E-state index contributed by atoms with van der Waals surface area (Å²) in [5.41, 5.74) is 13.1. The van der Waals surface area contributed by atoms with E-state index in [1.807, 2.05) is 18.2 Å². The molecule has 7 heteroatoms. The molecule has 2 heterocycles. The van der Waals surface area contributed by atoms with Crippen LogP contribution in [0.4, 0.5) is 5.95 Å². The fraction of sp³-hybridized carbons (Fsp3) is 0. The number of halogens is 1. The Labute approximate surface area is 125 Å². The molecule has 0 bridgehead atoms. The van der Waals surface area contributed by atoms with Crippen molar-refractivity contribution in [2.75, 3.05) is 0 Å². The zero-order valence-corrected chi connectivity index (χ0v) is 11.6. The first-order valence-electron chi connectivity index (χ1n) is 6.11. The number of nitrogens with zero attached hydrogens (tertiary/aromatic N) is 4. The first kappa shape index (κ1) is 13.3. The van der Waals surface area contributed by atoms with Gasteiger partial charge in [-0.05, 0) is 30.3 Å². The van der Waals surface area contributed by atoms with Gasteiger partial charge < -0.3 is 11.5 Å². The zero-order chi connectivity index (χ0) is 14.8. The lowest BCUT2D eigenvalue weighted by atomic mass is 10.1. The molecule has 0 saturated carbocycles. The van der Waals surface area contributed by atoms with Crippen molar-refractivity contribution < 1.29 is 0 Å². The number of hydrogen-bond donors (Lipinski definition) is 2. The van der Waals surface area contributed by atoms with E-state index in [1.165, 1.54) is 0 Å². The molecule has 3 rings (SSSR count). The minimum Gasteiger partial charge on any atom is -0.370 e. The molecule has 6 nitrogen and oxygen atoms in total. The highest BCUT2D eigenvalue weighted by molar-refractivity contribution is 6.31. The van der Waals surface area contributed by atoms with Crippen molar-refractivity contribution in [2.45, 2.75) is 0 Å². The van der Waals surface area contributed by atoms with Crippen molar-refractivity contribution in [3.8, 4) is 11.3 Å². The summed E-state index contributed by atoms with van der Waals surface area (Å²) in [5, 5.41) is 1.43. The molecule has 21 heavy (non-hydrogen) atoms. The molecule has 4 N–H and O–H groups in total. The van der Waals surface area contributed by atoms with Gasteiger partial charge in [-0.15, -0.1) is 0 Å². The minimum atomic E-state index is -0.0935. The highest BCUT2D eigenvalue weighted by atomic mass is 35.5. The molecule has 0 aliphatic heterocycles. The summed E-state index contributed by atoms with van der Waals surface area (Å²) >= 11 is 6.07. The van der Waals surface area contributed by atoms with Crippen LogP contribution in [-0.2, 0) is 0 Å². The minimum absolute atomic E-state index is 0.0935. The maximum atomic E-state index is 6.07. The first-order valence-corrected chi connectivity index (χ1v) is 6.48. The lowest BCUT2D eigenvalue weighted by Crippen LogP contribution is -2.22. The van der Waals surface area contributed by atoms with Crippen LogP contribution in [0.2, 0.25) is 5.02 Å². The predicted molar refractivity (Wildman–Crippen MR) is 83.2 cm³/mol. The van der Waals surface area contributed by atoms with Crippen LogP contribution >= 0.6 is 11.6 Å². The van der Waals surface area contributed by atoms with Gasteiger partial charge in [-0.25, -0.2) is 9.97 Å². The van der Waals surface area contributed by atoms with Gasteiger partial charge in [0.2, 0.25) is 0 Å². The number of hydrogen-bond acceptors (Lipinski definition) is 4. The fourth-order valence-electron chi connectivity index (χ4n) is 1.98. The summed E-state index contributed by atoms with van der Waals surface area (Å²) in [6.07, 6.45) is 3.38. The lowest BCUT2D eigenvalue weighted by molar-refractivity contribution is 1.17. The molecule has 0 spiro atoms. The Balaban J connectivity index is 2.33. The second-order valence-electron chi connectivity index (χ2n) is 4.31. The molecule has 0 saturated heterocycles. The topological polar surface area (TPSA) is 103 Å². The molecule has 0 aliphatic carbocycles. The molecular formula is C14H11ClN6. The summed E-state index contributed by atoms with van der Waals surface area (Å²) in [4.78, 5) is 16.6. The van der Waals surface area contributed by atoms with Crippen molar-refractivity contribution in [1.29, 1.82) is 0 Å². The first-order chi connectivity index (χ1) is 10.1. The second kappa shape index (κ2) is 5.34. The molecule has 0 amide bonds. The fourth-order valence-corrected chi connectivity index (χ4v) is 2.16. The second-order valence-corrected chi connectivity index (χ2v) is 4.74. The molecular weight excluding hydrogens is 288 g/mol. The highest BCUT2D eigenvalue weighted by Gasteiger charge is 2.10. The van der Waals surface area contributed by atoms with Gasteiger partial charge in [-0.1, -0.05) is 11.6 Å². The standard InChI is InChI=1S/C14H11ClN6/c15-9-1-2-11-10(7-9)12(8-3-5-18-6-4-8)20-14(19-11)21-13(16)17/h1-7H,(H4,16,17,19,20,21). The average Bonchev–Trinajstić information content (AvgIpc) is 2.47. The average molecular weight is 299 g/mol. The SMILES string of the molecule is NC(N)=Nc1nc(-c2ccncc2)c2cc(Cl)ccc2n1. The maximum absolute atomic E-state index is 6.07. The van der Waals surface area contributed by atoms with E-state index in [0.29, 0.717) is 16.2 Å². The Morgan fingerprint density at radius 3 is 2.52 bits per heavy atom. The van der Waals surface area contributed by atoms with Gasteiger partial charge >= 0.3 is 0 Å². The Hall–Kier alpha value is -2.73. The molecule has 0 unspecified atom stereocenters. The van der Waals surface area contributed by atoms with Crippen LogP contribution in [-0.4, -0.2) is 20.9 Å². The third-order valence-corrected chi connectivity index (χ3v) is 3.06. The van der Waals surface area contributed by atoms with Crippen molar-refractivity contribution in [3.05, 3.63) is 47.7 Å². The molecule has 3 aromatic rings. The van der Waals surface area contributed by atoms with Crippen LogP contribution in [0, 0.1) is 0 Å². The van der Waals surface area contributed by atoms with Crippen molar-refractivity contribution in [3.63, 3.8) is 0 Å². The monoisotopic (exact) mass is 298 g/mol. The Morgan fingerprint density at radius 2 is 1.81 bits per heavy atom. The molecule has 0 radical (unpaired) electrons. The number of benzene rings is 1. The predicted octanol–water partition coefficient (Wildman–Crippen LogP) is 2.25. The van der Waals surface area contributed by atoms with E-state index in [2.05, 4.69) is 19.9 Å². The summed E-state index contributed by atoms with van der Waals surface area (Å²) < 4.78 is 0. The van der Waals surface area contributed by atoms with Gasteiger partial charge in [-0.2, -0.15) is 4.99 Å². The zero-order valence-electron chi connectivity index (χ0n) is 10.9. The van der Waals surface area contributed by atoms with Crippen molar-refractivity contribution in [1.82, 2.24) is 15.0 Å². The van der Waals surface area contributed by atoms with Crippen LogP contribution in [0.1, 0.15) is 0 Å². The van der Waals surface area contributed by atoms with Crippen LogP contribution in [0.25, 0.3) is 22.2 Å². The summed E-state index contributed by atoms with van der Waals surface area (Å²) in [6.45, 7) is 0. The molecule has 0 fully saturated rings. The normalized spacial score (nSPS) is 10.5. The molecule has 104 valence electrons. The van der Waals surface area contributed by atoms with Gasteiger partial charge in [-0.3, -0.25) is 4.98 Å². The van der Waals surface area contributed by atoms with E-state index in [0.717, 1.165) is 10.9 Å². The van der Waals surface area contributed by atoms with E-state index in [1.54, 1.807) is 24.5 Å². The van der Waals surface area contributed by atoms with Crippen LogP contribution < -0.4 is 11.5 Å². The van der Waals surface area contributed by atoms with E-state index in [4.69, 9.17) is 23.1 Å². The van der Waals surface area contributed by atoms with Crippen molar-refractivity contribution in [2.24, 2.45) is 16.5 Å². The quantitative estimate of drug-likeness (QED) is 0.558. The van der Waals surface area contributed by atoms with Gasteiger partial charge in [0.25, 0.3) is 5.95 Å². The lowest BCUT2D eigenvalue weighted by Gasteiger charge is -2.07. The molecule has 0 aliphatic rings. The maximum Gasteiger partial charge on any atom is 0.253 e. The van der Waals surface area contributed by atoms with Crippen LogP contribution in [0.15, 0.2) is 47.7 Å². The number of fused-ring (bicyclic) bond motifs is 1. The summed E-state index contributed by atoms with van der Waals surface area (Å²) in [5.74, 6) is 0.112. The van der Waals surface area contributed by atoms with Crippen LogP contribution in [0.3, 0.4) is 0 Å². The van der Waals surface area contributed by atoms with E-state index in [9.17, 15) is 0 Å². The number of guanidine groups is 1. The van der Waals surface area contributed by atoms with E-state index < -0.39 is 0 Å². The third kappa shape index (κ3) is 2.75. The van der Waals surface area contributed by atoms with Gasteiger partial charge in [0.1, 0.15) is 0 Å². The van der Waals surface area contributed by atoms with Crippen LogP contribution in [0.5, 0.6) is 0 Å². The van der Waals surface area contributed by atoms with Gasteiger partial charge in [0.15, 0.2) is 5.96 Å². The molecule has 2 aromatic heterocycles. The summed E-state index contributed by atoms with van der Waals surface area (Å²) in [6, 6.07) is 9.07. The third-order valence-electron chi connectivity index (χ3n) is 2.83. The van der Waals surface area contributed by atoms with Gasteiger partial charge in [0.05, 0.1) is 11.2 Å². The Bertz CT molecular complexity index is 827. The summed E-state index contributed by atoms with van der Waals surface area (Å²) in [7, 11) is 0. The van der Waals surface area contributed by atoms with E-state index >= 15 is 0 Å². The Morgan fingerprint density at radius 1 is 1.05 bits per heavy atom.